The van der Waals surface area contributed by atoms with Crippen LogP contribution in [-0.2, 0) is 33.4 Å². The molecule has 11 nitrogen and oxygen atoms in total. The second-order valence-corrected chi connectivity index (χ2v) is 9.68. The first kappa shape index (κ1) is 41.2. The van der Waals surface area contributed by atoms with Crippen LogP contribution in [0.25, 0.3) is 0 Å². The summed E-state index contributed by atoms with van der Waals surface area (Å²) < 4.78 is 16.7. The molecular formula is C36H36N2O9. The van der Waals surface area contributed by atoms with Crippen molar-refractivity contribution in [3.63, 3.8) is 0 Å². The summed E-state index contributed by atoms with van der Waals surface area (Å²) in [6.07, 6.45) is 3.92. The van der Waals surface area contributed by atoms with Crippen LogP contribution in [0.4, 0.5) is 0 Å². The lowest BCUT2D eigenvalue weighted by Crippen LogP contribution is -2.40. The summed E-state index contributed by atoms with van der Waals surface area (Å²) in [6, 6.07) is -0.737. The van der Waals surface area contributed by atoms with Gasteiger partial charge in [-0.2, -0.15) is 0 Å². The quantitative estimate of drug-likeness (QED) is 0.122. The SMILES string of the molecule is C#CC#CC#CC#CC#CC#CC#CC#CC(CC(=O)O)C(=O)NC(C)COCCOCC(C)OCC(C)NC(=O)C(C)CC(=O)O. The molecule has 0 saturated heterocycles. The Morgan fingerprint density at radius 3 is 1.57 bits per heavy atom. The maximum atomic E-state index is 12.6. The van der Waals surface area contributed by atoms with Crippen LogP contribution in [0.2, 0.25) is 0 Å². The smallest absolute Gasteiger partial charge is 0.305 e. The Bertz CT molecular complexity index is 1580. The fraction of sp³-hybridized carbons (Fsp3) is 0.444. The summed E-state index contributed by atoms with van der Waals surface area (Å²) in [7, 11) is 0. The van der Waals surface area contributed by atoms with Crippen molar-refractivity contribution >= 4 is 23.8 Å². The first-order valence-electron chi connectivity index (χ1n) is 14.2. The first-order valence-corrected chi connectivity index (χ1v) is 14.2. The molecule has 0 aromatic carbocycles. The Labute approximate surface area is 276 Å². The lowest BCUT2D eigenvalue weighted by molar-refractivity contribution is -0.141. The summed E-state index contributed by atoms with van der Waals surface area (Å²) in [5, 5.41) is 23.3. The molecule has 2 amide bonds. The van der Waals surface area contributed by atoms with Crippen LogP contribution < -0.4 is 10.6 Å². The highest BCUT2D eigenvalue weighted by atomic mass is 16.5. The van der Waals surface area contributed by atoms with Gasteiger partial charge in [0.25, 0.3) is 0 Å². The number of hydrogen-bond acceptors (Lipinski definition) is 7. The van der Waals surface area contributed by atoms with Gasteiger partial charge in [-0.15, -0.1) is 6.42 Å². The topological polar surface area (TPSA) is 160 Å². The van der Waals surface area contributed by atoms with Crippen LogP contribution in [-0.4, -0.2) is 85.2 Å². The van der Waals surface area contributed by atoms with Gasteiger partial charge in [0, 0.05) is 18.0 Å². The minimum absolute atomic E-state index is 0.152. The molecule has 0 aliphatic heterocycles. The van der Waals surface area contributed by atoms with E-state index in [9.17, 15) is 19.2 Å². The zero-order valence-corrected chi connectivity index (χ0v) is 26.7. The normalized spacial score (nSPS) is 12.0. The molecule has 0 aliphatic carbocycles. The van der Waals surface area contributed by atoms with E-state index in [0.29, 0.717) is 0 Å². The molecule has 0 aromatic heterocycles. The number of carbonyl (C=O) groups excluding carboxylic acids is 2. The maximum absolute atomic E-state index is 12.6. The van der Waals surface area contributed by atoms with Crippen molar-refractivity contribution in [1.82, 2.24) is 10.6 Å². The molecule has 0 aromatic rings. The second-order valence-electron chi connectivity index (χ2n) is 9.68. The van der Waals surface area contributed by atoms with Gasteiger partial charge < -0.3 is 35.1 Å². The highest BCUT2D eigenvalue weighted by Gasteiger charge is 2.21. The number of ether oxygens (including phenoxy) is 3. The minimum atomic E-state index is -1.19. The molecule has 5 unspecified atom stereocenters. The molecule has 0 fully saturated rings. The van der Waals surface area contributed by atoms with E-state index in [1.54, 1.807) is 20.8 Å². The highest BCUT2D eigenvalue weighted by molar-refractivity contribution is 5.86. The fourth-order valence-corrected chi connectivity index (χ4v) is 3.04. The molecule has 0 bridgehead atoms. The van der Waals surface area contributed by atoms with Crippen molar-refractivity contribution in [3.8, 4) is 95.2 Å². The molecule has 0 heterocycles. The van der Waals surface area contributed by atoms with E-state index < -0.39 is 42.1 Å². The highest BCUT2D eigenvalue weighted by Crippen LogP contribution is 2.04. The monoisotopic (exact) mass is 640 g/mol. The van der Waals surface area contributed by atoms with Gasteiger partial charge in [0.1, 0.15) is 5.92 Å². The Morgan fingerprint density at radius 1 is 0.617 bits per heavy atom. The van der Waals surface area contributed by atoms with Crippen molar-refractivity contribution in [2.75, 3.05) is 33.0 Å². The number of rotatable bonds is 18. The van der Waals surface area contributed by atoms with Crippen molar-refractivity contribution in [1.29, 1.82) is 0 Å². The first-order chi connectivity index (χ1) is 22.5. The van der Waals surface area contributed by atoms with Crippen molar-refractivity contribution in [2.24, 2.45) is 11.8 Å². The number of amides is 2. The molecule has 0 aliphatic rings. The van der Waals surface area contributed by atoms with Crippen LogP contribution >= 0.6 is 0 Å². The number of carboxylic acids is 2. The predicted octanol–water partition coefficient (Wildman–Crippen LogP) is 0.293. The van der Waals surface area contributed by atoms with Gasteiger partial charge in [-0.05, 0) is 104 Å². The summed E-state index contributed by atoms with van der Waals surface area (Å²) in [5.41, 5.74) is 0. The lowest BCUT2D eigenvalue weighted by Gasteiger charge is -2.20. The van der Waals surface area contributed by atoms with Gasteiger partial charge in [0.15, 0.2) is 0 Å². The Hall–Kier alpha value is -5.76. The van der Waals surface area contributed by atoms with E-state index in [4.69, 9.17) is 30.8 Å². The van der Waals surface area contributed by atoms with E-state index in [-0.39, 0.29) is 57.5 Å². The molecule has 244 valence electrons. The van der Waals surface area contributed by atoms with Crippen LogP contribution in [0.1, 0.15) is 40.5 Å². The van der Waals surface area contributed by atoms with Gasteiger partial charge >= 0.3 is 11.9 Å². The van der Waals surface area contributed by atoms with Crippen LogP contribution in [0.3, 0.4) is 0 Å². The molecule has 0 spiro atoms. The van der Waals surface area contributed by atoms with Gasteiger partial charge in [-0.1, -0.05) is 12.8 Å². The van der Waals surface area contributed by atoms with E-state index in [0.717, 1.165) is 0 Å². The zero-order valence-electron chi connectivity index (χ0n) is 26.7. The molecule has 47 heavy (non-hydrogen) atoms. The van der Waals surface area contributed by atoms with Crippen LogP contribution in [0.5, 0.6) is 0 Å². The molecule has 0 radical (unpaired) electrons. The third-order valence-corrected chi connectivity index (χ3v) is 5.19. The Kier molecular flexibility index (Phi) is 23.4. The van der Waals surface area contributed by atoms with E-state index >= 15 is 0 Å². The molecule has 0 rings (SSSR count). The lowest BCUT2D eigenvalue weighted by atomic mass is 10.0. The average molecular weight is 641 g/mol. The Morgan fingerprint density at radius 2 is 1.06 bits per heavy atom. The van der Waals surface area contributed by atoms with E-state index in [2.05, 4.69) is 99.4 Å². The fourth-order valence-electron chi connectivity index (χ4n) is 3.04. The van der Waals surface area contributed by atoms with Gasteiger partial charge in [0.2, 0.25) is 11.8 Å². The van der Waals surface area contributed by atoms with Gasteiger partial charge in [-0.25, -0.2) is 0 Å². The Balaban J connectivity index is 4.49. The average Bonchev–Trinajstić information content (AvgIpc) is 3.00. The maximum Gasteiger partial charge on any atom is 0.305 e. The molecule has 4 N–H and O–H groups in total. The van der Waals surface area contributed by atoms with Gasteiger partial charge in [0.05, 0.1) is 52.0 Å². The largest absolute Gasteiger partial charge is 0.481 e. The number of terminal acetylenes is 1. The number of carboxylic acid groups (broad SMARTS) is 2. The molecule has 5 atom stereocenters. The zero-order chi connectivity index (χ0) is 35.3. The van der Waals surface area contributed by atoms with Crippen LogP contribution in [0, 0.1) is 107 Å². The van der Waals surface area contributed by atoms with Crippen LogP contribution in [0.15, 0.2) is 0 Å². The van der Waals surface area contributed by atoms with Crippen molar-refractivity contribution < 1.29 is 43.6 Å². The number of carbonyl (C=O) groups is 4. The summed E-state index contributed by atoms with van der Waals surface area (Å²) in [4.78, 5) is 46.5. The third-order valence-electron chi connectivity index (χ3n) is 5.19. The van der Waals surface area contributed by atoms with E-state index in [1.807, 2.05) is 6.92 Å². The standard InChI is InChI=1S/C36H36N2O9/c1-6-7-8-9-10-11-12-13-14-15-16-17-18-19-20-32(24-34(41)42)36(44)38-29(3)25-45-21-22-46-27-31(5)47-26-30(4)37-35(43)28(2)23-33(39)40/h1,28-32H,21-27H2,2-5H3,(H,37,43)(H,38,44)(H,39,40)(H,41,42). The molecular weight excluding hydrogens is 604 g/mol. The van der Waals surface area contributed by atoms with Crippen molar-refractivity contribution in [3.05, 3.63) is 0 Å². The molecule has 11 heteroatoms. The van der Waals surface area contributed by atoms with E-state index in [1.165, 1.54) is 0 Å². The summed E-state index contributed by atoms with van der Waals surface area (Å²) in [6.45, 7) is 7.96. The second kappa shape index (κ2) is 26.6. The predicted molar refractivity (Wildman–Crippen MR) is 173 cm³/mol. The van der Waals surface area contributed by atoms with Crippen molar-refractivity contribution in [2.45, 2.75) is 58.7 Å². The number of hydrogen-bond donors (Lipinski definition) is 4. The third kappa shape index (κ3) is 25.3. The summed E-state index contributed by atoms with van der Waals surface area (Å²) >= 11 is 0. The number of aliphatic carboxylic acids is 2. The molecule has 0 saturated carbocycles. The number of nitrogens with one attached hydrogen (secondary N) is 2. The summed E-state index contributed by atoms with van der Waals surface area (Å²) in [5.74, 6) is 31.2. The minimum Gasteiger partial charge on any atom is -0.481 e. The van der Waals surface area contributed by atoms with Gasteiger partial charge in [-0.3, -0.25) is 19.2 Å².